The number of rotatable bonds is 4. The van der Waals surface area contributed by atoms with Crippen LogP contribution in [0, 0.1) is 0 Å². The Hall–Kier alpha value is -2.28. The van der Waals surface area contributed by atoms with Crippen molar-refractivity contribution < 1.29 is 14.6 Å². The van der Waals surface area contributed by atoms with Crippen LogP contribution in [0.1, 0.15) is 12.5 Å². The van der Waals surface area contributed by atoms with Gasteiger partial charge in [-0.25, -0.2) is 0 Å². The van der Waals surface area contributed by atoms with Gasteiger partial charge in [0.1, 0.15) is 11.4 Å². The van der Waals surface area contributed by atoms with Gasteiger partial charge in [-0.1, -0.05) is 23.2 Å². The molecule has 27 heavy (non-hydrogen) atoms. The number of anilines is 1. The molecule has 140 valence electrons. The lowest BCUT2D eigenvalue weighted by Gasteiger charge is -2.16. The summed E-state index contributed by atoms with van der Waals surface area (Å²) in [6, 6.07) is 10.2. The van der Waals surface area contributed by atoms with E-state index >= 15 is 0 Å². The maximum absolute atomic E-state index is 13.0. The molecular formula is C19H16Cl2N2O3S. The first-order chi connectivity index (χ1) is 12.8. The third kappa shape index (κ3) is 3.74. The maximum Gasteiger partial charge on any atom is 0.281 e. The molecule has 1 fully saturated rings. The minimum absolute atomic E-state index is 0.105. The molecular weight excluding hydrogens is 407 g/mol. The van der Waals surface area contributed by atoms with Crippen molar-refractivity contribution in [1.82, 2.24) is 4.90 Å². The second kappa shape index (κ2) is 7.76. The molecule has 0 radical (unpaired) electrons. The van der Waals surface area contributed by atoms with Gasteiger partial charge in [0.2, 0.25) is 0 Å². The number of amides is 1. The molecule has 0 aliphatic carbocycles. The summed E-state index contributed by atoms with van der Waals surface area (Å²) in [6.45, 7) is 2.47. The Labute approximate surface area is 172 Å². The highest BCUT2D eigenvalue weighted by atomic mass is 35.5. The lowest BCUT2D eigenvalue weighted by molar-refractivity contribution is -0.114. The van der Waals surface area contributed by atoms with E-state index in [0.717, 1.165) is 5.75 Å². The highest BCUT2D eigenvalue weighted by molar-refractivity contribution is 7.80. The number of likely N-dealkylation sites (N-methyl/N-ethyl adjacent to an activating group) is 1. The van der Waals surface area contributed by atoms with Gasteiger partial charge in [0.05, 0.1) is 22.3 Å². The van der Waals surface area contributed by atoms with Crippen molar-refractivity contribution in [2.24, 2.45) is 0 Å². The Bertz CT molecular complexity index is 921. The van der Waals surface area contributed by atoms with Gasteiger partial charge in [0, 0.05) is 7.05 Å². The summed E-state index contributed by atoms with van der Waals surface area (Å²) in [5, 5.41) is 10.3. The first kappa shape index (κ1) is 19.5. The van der Waals surface area contributed by atoms with Crippen LogP contribution in [0.4, 0.5) is 5.69 Å². The van der Waals surface area contributed by atoms with Crippen LogP contribution in [0.5, 0.6) is 11.5 Å². The van der Waals surface area contributed by atoms with Crippen molar-refractivity contribution in [1.29, 1.82) is 0 Å². The normalized spacial score (nSPS) is 15.8. The second-order valence-electron chi connectivity index (χ2n) is 5.77. The van der Waals surface area contributed by atoms with E-state index in [1.165, 1.54) is 17.0 Å². The third-order valence-corrected chi connectivity index (χ3v) is 5.04. The van der Waals surface area contributed by atoms with Crippen LogP contribution in [0.2, 0.25) is 10.0 Å². The zero-order chi connectivity index (χ0) is 19.7. The fraction of sp³-hybridized carbons (Fsp3) is 0.158. The van der Waals surface area contributed by atoms with E-state index in [2.05, 4.69) is 0 Å². The van der Waals surface area contributed by atoms with E-state index in [1.807, 2.05) is 6.92 Å². The predicted molar refractivity (Wildman–Crippen MR) is 112 cm³/mol. The summed E-state index contributed by atoms with van der Waals surface area (Å²) in [5.41, 5.74) is 1.59. The molecule has 1 N–H and O–H groups in total. The van der Waals surface area contributed by atoms with Crippen molar-refractivity contribution in [3.8, 4) is 11.5 Å². The number of thiocarbonyl (C=S) groups is 1. The van der Waals surface area contributed by atoms with Crippen LogP contribution in [0.25, 0.3) is 6.08 Å². The molecule has 0 bridgehead atoms. The topological polar surface area (TPSA) is 53.0 Å². The van der Waals surface area contributed by atoms with Gasteiger partial charge in [0.15, 0.2) is 10.9 Å². The number of hydrogen-bond donors (Lipinski definition) is 1. The van der Waals surface area contributed by atoms with Gasteiger partial charge in [-0.05, 0) is 67.2 Å². The fourth-order valence-electron chi connectivity index (χ4n) is 2.67. The van der Waals surface area contributed by atoms with Crippen molar-refractivity contribution >= 4 is 58.2 Å². The summed E-state index contributed by atoms with van der Waals surface area (Å²) in [4.78, 5) is 16.0. The van der Waals surface area contributed by atoms with Crippen molar-refractivity contribution in [2.45, 2.75) is 6.92 Å². The van der Waals surface area contributed by atoms with E-state index in [0.29, 0.717) is 28.7 Å². The molecule has 0 spiro atoms. The Balaban J connectivity index is 1.95. The number of halogens is 2. The Morgan fingerprint density at radius 3 is 2.33 bits per heavy atom. The molecule has 2 aromatic carbocycles. The Morgan fingerprint density at radius 1 is 1.19 bits per heavy atom. The standard InChI is InChI=1S/C19H16Cl2N2O3S/c1-3-26-13-6-4-12(5-7-13)23-18(25)16(22(2)19(23)27)10-11-8-14(20)17(24)15(21)9-11/h4-10,24H,3H2,1-2H3/b16-10-. The molecule has 0 atom stereocenters. The largest absolute Gasteiger partial charge is 0.505 e. The Kier molecular flexibility index (Phi) is 5.60. The SMILES string of the molecule is CCOc1ccc(N2C(=O)/C(=C/c3cc(Cl)c(O)c(Cl)c3)N(C)C2=S)cc1. The monoisotopic (exact) mass is 422 g/mol. The number of hydrogen-bond acceptors (Lipinski definition) is 4. The zero-order valence-electron chi connectivity index (χ0n) is 14.6. The van der Waals surface area contributed by atoms with Crippen molar-refractivity contribution in [3.63, 3.8) is 0 Å². The van der Waals surface area contributed by atoms with E-state index in [1.54, 1.807) is 42.3 Å². The second-order valence-corrected chi connectivity index (χ2v) is 6.95. The lowest BCUT2D eigenvalue weighted by Crippen LogP contribution is -2.31. The van der Waals surface area contributed by atoms with Gasteiger partial charge in [-0.15, -0.1) is 0 Å². The van der Waals surface area contributed by atoms with Crippen LogP contribution in [-0.2, 0) is 4.79 Å². The van der Waals surface area contributed by atoms with Crippen LogP contribution < -0.4 is 9.64 Å². The number of carbonyl (C=O) groups excluding carboxylic acids is 1. The van der Waals surface area contributed by atoms with Crippen LogP contribution in [0.15, 0.2) is 42.1 Å². The highest BCUT2D eigenvalue weighted by Gasteiger charge is 2.36. The molecule has 1 aliphatic rings. The summed E-state index contributed by atoms with van der Waals surface area (Å²) in [7, 11) is 1.71. The van der Waals surface area contributed by atoms with Gasteiger partial charge < -0.3 is 14.7 Å². The smallest absolute Gasteiger partial charge is 0.281 e. The molecule has 0 unspecified atom stereocenters. The quantitative estimate of drug-likeness (QED) is 0.571. The number of aromatic hydroxyl groups is 1. The van der Waals surface area contributed by atoms with Gasteiger partial charge >= 0.3 is 0 Å². The summed E-state index contributed by atoms with van der Waals surface area (Å²) < 4.78 is 5.43. The summed E-state index contributed by atoms with van der Waals surface area (Å²) in [6.07, 6.45) is 1.63. The van der Waals surface area contributed by atoms with E-state index in [4.69, 9.17) is 40.2 Å². The number of phenols is 1. The van der Waals surface area contributed by atoms with Gasteiger partial charge in [0.25, 0.3) is 5.91 Å². The van der Waals surface area contributed by atoms with Gasteiger partial charge in [-0.2, -0.15) is 0 Å². The molecule has 0 aromatic heterocycles. The molecule has 3 rings (SSSR count). The maximum atomic E-state index is 13.0. The molecule has 1 saturated heterocycles. The Morgan fingerprint density at radius 2 is 1.78 bits per heavy atom. The van der Waals surface area contributed by atoms with Crippen LogP contribution in [0.3, 0.4) is 0 Å². The molecule has 1 aliphatic heterocycles. The third-order valence-electron chi connectivity index (χ3n) is 4.01. The number of ether oxygens (including phenoxy) is 1. The van der Waals surface area contributed by atoms with Crippen molar-refractivity contribution in [3.05, 3.63) is 57.7 Å². The zero-order valence-corrected chi connectivity index (χ0v) is 16.9. The average molecular weight is 423 g/mol. The predicted octanol–water partition coefficient (Wildman–Crippen LogP) is 4.70. The number of nitrogens with zero attached hydrogens (tertiary/aromatic N) is 2. The lowest BCUT2D eigenvalue weighted by atomic mass is 10.1. The number of benzene rings is 2. The van der Waals surface area contributed by atoms with Gasteiger partial charge in [-0.3, -0.25) is 9.69 Å². The summed E-state index contributed by atoms with van der Waals surface area (Å²) in [5.74, 6) is 0.251. The minimum atomic E-state index is -0.271. The van der Waals surface area contributed by atoms with E-state index in [9.17, 15) is 9.90 Å². The van der Waals surface area contributed by atoms with E-state index < -0.39 is 0 Å². The minimum Gasteiger partial charge on any atom is -0.505 e. The van der Waals surface area contributed by atoms with Crippen molar-refractivity contribution in [2.75, 3.05) is 18.6 Å². The summed E-state index contributed by atoms with van der Waals surface area (Å²) >= 11 is 17.4. The molecule has 1 heterocycles. The van der Waals surface area contributed by atoms with Crippen LogP contribution in [-0.4, -0.2) is 34.7 Å². The highest BCUT2D eigenvalue weighted by Crippen LogP contribution is 2.35. The average Bonchev–Trinajstić information content (AvgIpc) is 2.84. The molecule has 0 saturated carbocycles. The first-order valence-electron chi connectivity index (χ1n) is 8.08. The molecule has 5 nitrogen and oxygen atoms in total. The molecule has 8 heteroatoms. The van der Waals surface area contributed by atoms with Crippen LogP contribution >= 0.6 is 35.4 Å². The fourth-order valence-corrected chi connectivity index (χ4v) is 3.46. The number of phenolic OH excluding ortho intramolecular Hbond substituents is 1. The number of carbonyl (C=O) groups is 1. The molecule has 1 amide bonds. The van der Waals surface area contributed by atoms with E-state index in [-0.39, 0.29) is 21.7 Å². The first-order valence-corrected chi connectivity index (χ1v) is 9.24. The molecule has 2 aromatic rings.